The van der Waals surface area contributed by atoms with Gasteiger partial charge in [-0.1, -0.05) is 25.1 Å². The summed E-state index contributed by atoms with van der Waals surface area (Å²) in [5.74, 6) is 0.778. The average Bonchev–Trinajstić information content (AvgIpc) is 2.68. The van der Waals surface area contributed by atoms with Crippen LogP contribution in [-0.2, 0) is 17.6 Å². The first-order valence-corrected chi connectivity index (χ1v) is 5.90. The van der Waals surface area contributed by atoms with Gasteiger partial charge in [-0.15, -0.1) is 0 Å². The molecule has 1 aromatic carbocycles. The van der Waals surface area contributed by atoms with E-state index in [1.54, 1.807) is 5.56 Å². The van der Waals surface area contributed by atoms with Crippen LogP contribution in [0.1, 0.15) is 48.8 Å². The molecule has 0 fully saturated rings. The van der Waals surface area contributed by atoms with E-state index in [-0.39, 0.29) is 0 Å². The normalized spacial score (nSPS) is 18.9. The minimum atomic E-state index is 0.649. The van der Waals surface area contributed by atoms with Crippen LogP contribution in [-0.4, -0.2) is 6.29 Å². The van der Waals surface area contributed by atoms with Gasteiger partial charge in [0.25, 0.3) is 0 Å². The molecule has 0 N–H and O–H groups in total. The van der Waals surface area contributed by atoms with Crippen LogP contribution in [0.2, 0.25) is 0 Å². The predicted molar refractivity (Wildman–Crippen MR) is 62.2 cm³/mol. The Morgan fingerprint density at radius 1 is 1.47 bits per heavy atom. The molecule has 0 amide bonds. The summed E-state index contributed by atoms with van der Waals surface area (Å²) in [6, 6.07) is 6.77. The topological polar surface area (TPSA) is 17.1 Å². The van der Waals surface area contributed by atoms with Gasteiger partial charge in [-0.3, -0.25) is 0 Å². The van der Waals surface area contributed by atoms with Crippen LogP contribution in [0.5, 0.6) is 0 Å². The largest absolute Gasteiger partial charge is 0.303 e. The third-order valence-corrected chi connectivity index (χ3v) is 3.45. The number of rotatable bonds is 4. The van der Waals surface area contributed by atoms with Gasteiger partial charge in [0.05, 0.1) is 0 Å². The van der Waals surface area contributed by atoms with Gasteiger partial charge in [-0.25, -0.2) is 0 Å². The highest BCUT2D eigenvalue weighted by atomic mass is 16.1. The molecular formula is C14H18O. The quantitative estimate of drug-likeness (QED) is 0.685. The molecule has 0 aliphatic heterocycles. The van der Waals surface area contributed by atoms with Crippen molar-refractivity contribution in [2.75, 3.05) is 0 Å². The maximum Gasteiger partial charge on any atom is 0.120 e. The molecular weight excluding hydrogens is 184 g/mol. The molecule has 2 rings (SSSR count). The first kappa shape index (κ1) is 10.4. The lowest BCUT2D eigenvalue weighted by Gasteiger charge is -2.08. The fraction of sp³-hybridized carbons (Fsp3) is 0.500. The molecule has 1 aliphatic carbocycles. The van der Waals surface area contributed by atoms with E-state index >= 15 is 0 Å². The summed E-state index contributed by atoms with van der Waals surface area (Å²) < 4.78 is 0. The van der Waals surface area contributed by atoms with E-state index in [0.717, 1.165) is 18.6 Å². The number of fused-ring (bicyclic) bond motifs is 1. The second-order valence-corrected chi connectivity index (χ2v) is 4.38. The maximum atomic E-state index is 10.3. The van der Waals surface area contributed by atoms with Gasteiger partial charge in [0.2, 0.25) is 0 Å². The van der Waals surface area contributed by atoms with Crippen molar-refractivity contribution < 1.29 is 4.79 Å². The van der Waals surface area contributed by atoms with Crippen LogP contribution in [0.3, 0.4) is 0 Å². The van der Waals surface area contributed by atoms with E-state index in [1.807, 2.05) is 0 Å². The van der Waals surface area contributed by atoms with Crippen LogP contribution in [0.15, 0.2) is 18.2 Å². The summed E-state index contributed by atoms with van der Waals surface area (Å²) in [5.41, 5.74) is 4.38. The fourth-order valence-corrected chi connectivity index (χ4v) is 2.56. The van der Waals surface area contributed by atoms with E-state index in [2.05, 4.69) is 25.1 Å². The smallest absolute Gasteiger partial charge is 0.120 e. The maximum absolute atomic E-state index is 10.3. The Hall–Kier alpha value is -1.11. The first-order valence-electron chi connectivity index (χ1n) is 5.90. The molecule has 0 aromatic heterocycles. The molecule has 0 spiro atoms. The number of carbonyl (C=O) groups is 1. The van der Waals surface area contributed by atoms with Crippen molar-refractivity contribution in [2.24, 2.45) is 0 Å². The molecule has 80 valence electrons. The second kappa shape index (κ2) is 4.61. The molecule has 0 radical (unpaired) electrons. The lowest BCUT2D eigenvalue weighted by atomic mass is 9.97. The third-order valence-electron chi connectivity index (χ3n) is 3.45. The Morgan fingerprint density at radius 3 is 3.07 bits per heavy atom. The molecule has 1 atom stereocenters. The molecule has 0 heterocycles. The molecule has 15 heavy (non-hydrogen) atoms. The minimum absolute atomic E-state index is 0.649. The van der Waals surface area contributed by atoms with E-state index in [4.69, 9.17) is 0 Å². The van der Waals surface area contributed by atoms with Crippen molar-refractivity contribution >= 4 is 6.29 Å². The number of carbonyl (C=O) groups excluding carboxylic acids is 1. The molecule has 0 bridgehead atoms. The number of benzene rings is 1. The third kappa shape index (κ3) is 2.11. The van der Waals surface area contributed by atoms with Crippen molar-refractivity contribution in [1.29, 1.82) is 0 Å². The Labute approximate surface area is 91.5 Å². The van der Waals surface area contributed by atoms with Gasteiger partial charge in [-0.05, 0) is 48.3 Å². The highest BCUT2D eigenvalue weighted by Gasteiger charge is 2.20. The standard InChI is InChI=1S/C14H18O/c1-2-12-6-7-13-10-11(4-3-9-15)5-8-14(12)13/h5,8-10,12H,2-4,6-7H2,1H3. The van der Waals surface area contributed by atoms with Crippen molar-refractivity contribution in [3.05, 3.63) is 34.9 Å². The van der Waals surface area contributed by atoms with Gasteiger partial charge < -0.3 is 4.79 Å². The van der Waals surface area contributed by atoms with Gasteiger partial charge in [-0.2, -0.15) is 0 Å². The zero-order valence-electron chi connectivity index (χ0n) is 9.33. The highest BCUT2D eigenvalue weighted by Crippen LogP contribution is 2.35. The van der Waals surface area contributed by atoms with Gasteiger partial charge in [0.1, 0.15) is 6.29 Å². The molecule has 1 aromatic rings. The monoisotopic (exact) mass is 202 g/mol. The van der Waals surface area contributed by atoms with E-state index in [0.29, 0.717) is 6.42 Å². The van der Waals surface area contributed by atoms with Gasteiger partial charge in [0.15, 0.2) is 0 Å². The summed E-state index contributed by atoms with van der Waals surface area (Å²) in [6.07, 6.45) is 6.33. The Kier molecular flexibility index (Phi) is 3.20. The Morgan fingerprint density at radius 2 is 2.33 bits per heavy atom. The van der Waals surface area contributed by atoms with Gasteiger partial charge >= 0.3 is 0 Å². The van der Waals surface area contributed by atoms with Crippen molar-refractivity contribution in [3.63, 3.8) is 0 Å². The summed E-state index contributed by atoms with van der Waals surface area (Å²) in [7, 11) is 0. The zero-order chi connectivity index (χ0) is 10.7. The van der Waals surface area contributed by atoms with Gasteiger partial charge in [0, 0.05) is 6.42 Å². The van der Waals surface area contributed by atoms with Crippen LogP contribution in [0.25, 0.3) is 0 Å². The highest BCUT2D eigenvalue weighted by molar-refractivity contribution is 5.50. The van der Waals surface area contributed by atoms with Crippen molar-refractivity contribution in [1.82, 2.24) is 0 Å². The summed E-state index contributed by atoms with van der Waals surface area (Å²) in [4.78, 5) is 10.3. The molecule has 1 aliphatic rings. The van der Waals surface area contributed by atoms with Crippen LogP contribution in [0.4, 0.5) is 0 Å². The molecule has 1 nitrogen and oxygen atoms in total. The molecule has 1 heteroatoms. The minimum Gasteiger partial charge on any atom is -0.303 e. The number of aryl methyl sites for hydroxylation is 2. The van der Waals surface area contributed by atoms with Crippen molar-refractivity contribution in [2.45, 2.75) is 44.9 Å². The summed E-state index contributed by atoms with van der Waals surface area (Å²) in [5, 5.41) is 0. The lowest BCUT2D eigenvalue weighted by Crippen LogP contribution is -1.92. The number of hydrogen-bond acceptors (Lipinski definition) is 1. The average molecular weight is 202 g/mol. The predicted octanol–water partition coefficient (Wildman–Crippen LogP) is 3.26. The summed E-state index contributed by atoms with van der Waals surface area (Å²) >= 11 is 0. The number of hydrogen-bond donors (Lipinski definition) is 0. The summed E-state index contributed by atoms with van der Waals surface area (Å²) in [6.45, 7) is 2.26. The lowest BCUT2D eigenvalue weighted by molar-refractivity contribution is -0.107. The number of aldehydes is 1. The molecule has 0 saturated carbocycles. The first-order chi connectivity index (χ1) is 7.35. The van der Waals surface area contributed by atoms with Crippen LogP contribution >= 0.6 is 0 Å². The van der Waals surface area contributed by atoms with Crippen molar-refractivity contribution in [3.8, 4) is 0 Å². The molecule has 1 unspecified atom stereocenters. The van der Waals surface area contributed by atoms with Crippen LogP contribution < -0.4 is 0 Å². The van der Waals surface area contributed by atoms with E-state index in [1.165, 1.54) is 30.4 Å². The van der Waals surface area contributed by atoms with E-state index in [9.17, 15) is 4.79 Å². The Balaban J connectivity index is 2.17. The fourth-order valence-electron chi connectivity index (χ4n) is 2.56. The van der Waals surface area contributed by atoms with E-state index < -0.39 is 0 Å². The molecule has 0 saturated heterocycles. The second-order valence-electron chi connectivity index (χ2n) is 4.38. The Bertz CT molecular complexity index is 354. The zero-order valence-corrected chi connectivity index (χ0v) is 9.33. The van der Waals surface area contributed by atoms with Crippen LogP contribution in [0, 0.1) is 0 Å². The SMILES string of the molecule is CCC1CCc2cc(CCC=O)ccc21.